The van der Waals surface area contributed by atoms with Gasteiger partial charge in [0.2, 0.25) is 5.91 Å². The van der Waals surface area contributed by atoms with E-state index in [1.807, 2.05) is 36.4 Å². The molecule has 0 unspecified atom stereocenters. The van der Waals surface area contributed by atoms with Gasteiger partial charge in [0.05, 0.1) is 0 Å². The molecule has 0 fully saturated rings. The van der Waals surface area contributed by atoms with Gasteiger partial charge in [-0.05, 0) is 41.7 Å². The van der Waals surface area contributed by atoms with Crippen LogP contribution in [0.25, 0.3) is 11.1 Å². The first-order valence-electron chi connectivity index (χ1n) is 7.46. The molecule has 0 spiro atoms. The smallest absolute Gasteiger partial charge is 0.302 e. The Morgan fingerprint density at radius 1 is 1.09 bits per heavy atom. The highest BCUT2D eigenvalue weighted by Gasteiger charge is 2.16. The highest BCUT2D eigenvalue weighted by molar-refractivity contribution is 6.06. The first-order chi connectivity index (χ1) is 11.2. The molecule has 0 bridgehead atoms. The monoisotopic (exact) mass is 304 g/mol. The van der Waals surface area contributed by atoms with Crippen LogP contribution in [-0.2, 0) is 4.79 Å². The fourth-order valence-electron chi connectivity index (χ4n) is 2.65. The molecular formula is C19H16N2O2. The highest BCUT2D eigenvalue weighted by atomic mass is 16.2. The van der Waals surface area contributed by atoms with E-state index >= 15 is 0 Å². The van der Waals surface area contributed by atoms with Crippen LogP contribution in [0.1, 0.15) is 23.2 Å². The van der Waals surface area contributed by atoms with Crippen molar-refractivity contribution in [3.63, 3.8) is 0 Å². The van der Waals surface area contributed by atoms with Gasteiger partial charge >= 0.3 is 5.91 Å². The number of primary amides is 1. The van der Waals surface area contributed by atoms with E-state index in [4.69, 9.17) is 5.73 Å². The molecule has 1 aliphatic rings. The normalized spacial score (nSPS) is 13.9. The van der Waals surface area contributed by atoms with E-state index in [1.54, 1.807) is 17.0 Å². The van der Waals surface area contributed by atoms with Crippen LogP contribution in [0.5, 0.6) is 0 Å². The Morgan fingerprint density at radius 3 is 2.57 bits per heavy atom. The predicted octanol–water partition coefficient (Wildman–Crippen LogP) is 2.58. The average Bonchev–Trinajstić information content (AvgIpc) is 2.79. The maximum Gasteiger partial charge on any atom is 0.302 e. The third-order valence-electron chi connectivity index (χ3n) is 3.81. The summed E-state index contributed by atoms with van der Waals surface area (Å²) in [6, 6.07) is 14.7. The zero-order valence-electron chi connectivity index (χ0n) is 12.6. The minimum Gasteiger partial charge on any atom is -0.366 e. The third-order valence-corrected chi connectivity index (χ3v) is 3.81. The maximum atomic E-state index is 12.0. The molecule has 4 nitrogen and oxygen atoms in total. The Hall–Kier alpha value is -3.06. The molecule has 4 heteroatoms. The molecule has 3 rings (SSSR count). The molecule has 1 aliphatic heterocycles. The summed E-state index contributed by atoms with van der Waals surface area (Å²) in [5.74, 6) is 4.87. The molecule has 0 aliphatic carbocycles. The molecule has 2 aromatic carbocycles. The van der Waals surface area contributed by atoms with Crippen molar-refractivity contribution in [2.75, 3.05) is 11.4 Å². The van der Waals surface area contributed by atoms with E-state index in [-0.39, 0.29) is 5.91 Å². The Bertz CT molecular complexity index is 813. The number of anilines is 1. The summed E-state index contributed by atoms with van der Waals surface area (Å²) in [6.45, 7) is 0.649. The van der Waals surface area contributed by atoms with Crippen LogP contribution in [-0.4, -0.2) is 18.4 Å². The van der Waals surface area contributed by atoms with Gasteiger partial charge in [-0.1, -0.05) is 36.3 Å². The van der Waals surface area contributed by atoms with E-state index in [9.17, 15) is 9.59 Å². The molecule has 0 atom stereocenters. The minimum absolute atomic E-state index is 0.173. The summed E-state index contributed by atoms with van der Waals surface area (Å²) in [4.78, 5) is 25.2. The van der Waals surface area contributed by atoms with Crippen LogP contribution in [0.2, 0.25) is 0 Å². The summed E-state index contributed by atoms with van der Waals surface area (Å²) in [6.07, 6.45) is 1.61. The van der Waals surface area contributed by atoms with Crippen molar-refractivity contribution in [1.29, 1.82) is 0 Å². The van der Waals surface area contributed by atoms with Crippen molar-refractivity contribution >= 4 is 17.5 Å². The van der Waals surface area contributed by atoms with Crippen LogP contribution < -0.4 is 10.6 Å². The summed E-state index contributed by atoms with van der Waals surface area (Å²) < 4.78 is 0. The molecule has 0 saturated carbocycles. The van der Waals surface area contributed by atoms with Gasteiger partial charge < -0.3 is 10.6 Å². The van der Waals surface area contributed by atoms with Crippen molar-refractivity contribution in [2.45, 2.75) is 12.8 Å². The molecule has 114 valence electrons. The van der Waals surface area contributed by atoms with E-state index in [2.05, 4.69) is 11.8 Å². The largest absolute Gasteiger partial charge is 0.366 e. The second-order valence-corrected chi connectivity index (χ2v) is 5.32. The van der Waals surface area contributed by atoms with Gasteiger partial charge in [-0.25, -0.2) is 0 Å². The van der Waals surface area contributed by atoms with Crippen LogP contribution in [0.3, 0.4) is 0 Å². The minimum atomic E-state index is -0.456. The van der Waals surface area contributed by atoms with Crippen molar-refractivity contribution in [2.24, 2.45) is 5.73 Å². The molecule has 2 N–H and O–H groups in total. The summed E-state index contributed by atoms with van der Waals surface area (Å²) in [5, 5.41) is 0. The quantitative estimate of drug-likeness (QED) is 0.886. The number of carbonyl (C=O) groups excluding carboxylic acids is 2. The fourth-order valence-corrected chi connectivity index (χ4v) is 2.65. The van der Waals surface area contributed by atoms with Gasteiger partial charge in [-0.3, -0.25) is 9.59 Å². The fraction of sp³-hybridized carbons (Fsp3) is 0.158. The second kappa shape index (κ2) is 6.37. The number of nitrogens with zero attached hydrogens (tertiary/aromatic N) is 1. The Morgan fingerprint density at radius 2 is 1.83 bits per heavy atom. The van der Waals surface area contributed by atoms with E-state index in [0.29, 0.717) is 12.1 Å². The van der Waals surface area contributed by atoms with Crippen LogP contribution in [0.15, 0.2) is 48.5 Å². The molecule has 0 radical (unpaired) electrons. The van der Waals surface area contributed by atoms with Gasteiger partial charge in [-0.15, -0.1) is 0 Å². The lowest BCUT2D eigenvalue weighted by Gasteiger charge is -2.19. The van der Waals surface area contributed by atoms with Gasteiger partial charge in [0, 0.05) is 24.2 Å². The van der Waals surface area contributed by atoms with Gasteiger partial charge in [0.25, 0.3) is 0 Å². The van der Waals surface area contributed by atoms with Crippen LogP contribution in [0.4, 0.5) is 5.69 Å². The van der Waals surface area contributed by atoms with Crippen molar-refractivity contribution in [3.05, 3.63) is 54.1 Å². The lowest BCUT2D eigenvalue weighted by Crippen LogP contribution is -2.29. The zero-order valence-corrected chi connectivity index (χ0v) is 12.6. The number of benzene rings is 2. The topological polar surface area (TPSA) is 63.4 Å². The Labute approximate surface area is 134 Å². The lowest BCUT2D eigenvalue weighted by molar-refractivity contribution is -0.113. The summed E-state index contributed by atoms with van der Waals surface area (Å²) in [7, 11) is 0. The van der Waals surface area contributed by atoms with Crippen molar-refractivity contribution < 1.29 is 9.59 Å². The summed E-state index contributed by atoms with van der Waals surface area (Å²) in [5.41, 5.74) is 8.39. The van der Waals surface area contributed by atoms with E-state index in [0.717, 1.165) is 29.7 Å². The molecule has 2 aromatic rings. The zero-order chi connectivity index (χ0) is 16.2. The maximum absolute atomic E-state index is 12.0. The van der Waals surface area contributed by atoms with Crippen LogP contribution in [0, 0.1) is 11.8 Å². The van der Waals surface area contributed by atoms with Gasteiger partial charge in [-0.2, -0.15) is 0 Å². The van der Waals surface area contributed by atoms with Crippen molar-refractivity contribution in [3.8, 4) is 23.0 Å². The first-order valence-corrected chi connectivity index (χ1v) is 7.46. The van der Waals surface area contributed by atoms with Gasteiger partial charge in [0.15, 0.2) is 0 Å². The molecular weight excluding hydrogens is 288 g/mol. The highest BCUT2D eigenvalue weighted by Crippen LogP contribution is 2.26. The van der Waals surface area contributed by atoms with E-state index < -0.39 is 5.91 Å². The second-order valence-electron chi connectivity index (χ2n) is 5.32. The van der Waals surface area contributed by atoms with Crippen molar-refractivity contribution in [1.82, 2.24) is 0 Å². The number of carbonyl (C=O) groups is 2. The number of rotatable bonds is 3. The lowest BCUT2D eigenvalue weighted by atomic mass is 9.99. The number of hydrogen-bond acceptors (Lipinski definition) is 2. The predicted molar refractivity (Wildman–Crippen MR) is 89.8 cm³/mol. The number of hydrogen-bond donors (Lipinski definition) is 1. The third kappa shape index (κ3) is 3.09. The van der Waals surface area contributed by atoms with Gasteiger partial charge in [0.1, 0.15) is 0 Å². The molecule has 0 aromatic heterocycles. The molecule has 0 saturated heterocycles. The number of amides is 2. The molecule has 1 heterocycles. The molecule has 2 amide bonds. The SMILES string of the molecule is NC(=O)c1ccccc1-c1ccc(N2CCCC#CC2=O)cc1. The number of nitrogens with two attached hydrogens (primary N) is 1. The standard InChI is InChI=1S/C19H16N2O2/c20-19(23)17-7-4-3-6-16(17)14-9-11-15(12-10-14)21-13-5-1-2-8-18(21)22/h3-4,6-7,9-12H,1,5,13H2,(H2,20,23). The first kappa shape index (κ1) is 14.9. The van der Waals surface area contributed by atoms with E-state index in [1.165, 1.54) is 0 Å². The van der Waals surface area contributed by atoms with Crippen LogP contribution >= 0.6 is 0 Å². The Balaban J connectivity index is 1.93. The average molecular weight is 304 g/mol. The molecule has 23 heavy (non-hydrogen) atoms. The summed E-state index contributed by atoms with van der Waals surface area (Å²) >= 11 is 0. The Kier molecular flexibility index (Phi) is 4.11.